The number of hydrogen-bond donors (Lipinski definition) is 1. The van der Waals surface area contributed by atoms with Gasteiger partial charge < -0.3 is 14.6 Å². The second-order valence-electron chi connectivity index (χ2n) is 5.37. The zero-order valence-electron chi connectivity index (χ0n) is 12.1. The largest absolute Gasteiger partial charge is 0.496 e. The van der Waals surface area contributed by atoms with E-state index in [0.717, 1.165) is 30.4 Å². The summed E-state index contributed by atoms with van der Waals surface area (Å²) in [6.45, 7) is 0.369. The summed E-state index contributed by atoms with van der Waals surface area (Å²) in [4.78, 5) is 12.0. The van der Waals surface area contributed by atoms with Gasteiger partial charge in [0, 0.05) is 12.7 Å². The molecule has 0 aliphatic heterocycles. The lowest BCUT2D eigenvalue weighted by Gasteiger charge is -2.35. The fourth-order valence-corrected chi connectivity index (χ4v) is 3.25. The van der Waals surface area contributed by atoms with Crippen LogP contribution in [0.4, 0.5) is 0 Å². The topological polar surface area (TPSA) is 55.8 Å². The number of carbonyl (C=O) groups is 1. The van der Waals surface area contributed by atoms with E-state index < -0.39 is 11.4 Å². The van der Waals surface area contributed by atoms with Crippen LogP contribution in [-0.2, 0) is 21.6 Å². The van der Waals surface area contributed by atoms with Gasteiger partial charge in [-0.3, -0.25) is 4.79 Å². The Morgan fingerprint density at radius 1 is 1.25 bits per heavy atom. The fraction of sp³-hybridized carbons (Fsp3) is 0.562. The third kappa shape index (κ3) is 2.52. The molecular formula is C16H22O4. The fourth-order valence-electron chi connectivity index (χ4n) is 3.25. The first-order valence-electron chi connectivity index (χ1n) is 7.04. The Hall–Kier alpha value is -1.55. The van der Waals surface area contributed by atoms with Crippen molar-refractivity contribution in [3.63, 3.8) is 0 Å². The molecule has 1 aromatic carbocycles. The van der Waals surface area contributed by atoms with Gasteiger partial charge in [-0.05, 0) is 24.5 Å². The van der Waals surface area contributed by atoms with Crippen LogP contribution in [0.5, 0.6) is 5.75 Å². The predicted molar refractivity (Wildman–Crippen MR) is 76.1 cm³/mol. The summed E-state index contributed by atoms with van der Waals surface area (Å²) in [5.41, 5.74) is 0.924. The first-order chi connectivity index (χ1) is 9.65. The van der Waals surface area contributed by atoms with Crippen LogP contribution in [0.25, 0.3) is 0 Å². The molecule has 110 valence electrons. The second-order valence-corrected chi connectivity index (χ2v) is 5.37. The van der Waals surface area contributed by atoms with Crippen molar-refractivity contribution in [3.05, 3.63) is 29.3 Å². The number of hydrogen-bond acceptors (Lipinski definition) is 3. The van der Waals surface area contributed by atoms with Crippen LogP contribution in [0.3, 0.4) is 0 Å². The molecule has 0 bridgehead atoms. The molecule has 0 atom stereocenters. The van der Waals surface area contributed by atoms with Crippen molar-refractivity contribution in [2.45, 2.75) is 44.1 Å². The summed E-state index contributed by atoms with van der Waals surface area (Å²) in [5, 5.41) is 9.82. The zero-order chi connectivity index (χ0) is 14.6. The van der Waals surface area contributed by atoms with E-state index in [0.29, 0.717) is 25.2 Å². The van der Waals surface area contributed by atoms with Gasteiger partial charge in [-0.15, -0.1) is 0 Å². The normalized spacial score (nSPS) is 17.7. The van der Waals surface area contributed by atoms with E-state index in [4.69, 9.17) is 9.47 Å². The van der Waals surface area contributed by atoms with Crippen LogP contribution in [0.2, 0.25) is 0 Å². The molecule has 4 heteroatoms. The lowest BCUT2D eigenvalue weighted by atomic mass is 9.68. The Morgan fingerprint density at radius 3 is 2.50 bits per heavy atom. The molecule has 1 saturated carbocycles. The smallest absolute Gasteiger partial charge is 0.314 e. The number of benzene rings is 1. The highest BCUT2D eigenvalue weighted by Crippen LogP contribution is 2.43. The highest BCUT2D eigenvalue weighted by molar-refractivity contribution is 5.82. The van der Waals surface area contributed by atoms with E-state index in [1.54, 1.807) is 14.2 Å². The van der Waals surface area contributed by atoms with Crippen molar-refractivity contribution < 1.29 is 19.4 Å². The van der Waals surface area contributed by atoms with Crippen molar-refractivity contribution in [2.24, 2.45) is 0 Å². The first kappa shape index (κ1) is 14.9. The monoisotopic (exact) mass is 278 g/mol. The molecule has 0 aromatic heterocycles. The molecule has 1 fully saturated rings. The van der Waals surface area contributed by atoms with Gasteiger partial charge in [0.25, 0.3) is 0 Å². The third-order valence-electron chi connectivity index (χ3n) is 4.27. The first-order valence-corrected chi connectivity index (χ1v) is 7.04. The number of carboxylic acid groups (broad SMARTS) is 1. The van der Waals surface area contributed by atoms with E-state index in [9.17, 15) is 9.90 Å². The highest BCUT2D eigenvalue weighted by Gasteiger charge is 2.43. The van der Waals surface area contributed by atoms with Gasteiger partial charge in [0.2, 0.25) is 0 Å². The molecule has 20 heavy (non-hydrogen) atoms. The minimum Gasteiger partial charge on any atom is -0.496 e. The van der Waals surface area contributed by atoms with Crippen molar-refractivity contribution >= 4 is 5.97 Å². The maximum absolute atomic E-state index is 12.0. The van der Waals surface area contributed by atoms with Gasteiger partial charge in [-0.2, -0.15) is 0 Å². The summed E-state index contributed by atoms with van der Waals surface area (Å²) in [7, 11) is 3.22. The molecule has 1 aliphatic rings. The Labute approximate surface area is 119 Å². The zero-order valence-corrected chi connectivity index (χ0v) is 12.1. The number of carboxylic acids is 1. The Bertz CT molecular complexity index is 475. The van der Waals surface area contributed by atoms with Crippen LogP contribution >= 0.6 is 0 Å². The molecule has 1 N–H and O–H groups in total. The highest BCUT2D eigenvalue weighted by atomic mass is 16.5. The van der Waals surface area contributed by atoms with Crippen molar-refractivity contribution in [2.75, 3.05) is 14.2 Å². The minimum absolute atomic E-state index is 0.369. The molecule has 1 aromatic rings. The summed E-state index contributed by atoms with van der Waals surface area (Å²) >= 11 is 0. The maximum Gasteiger partial charge on any atom is 0.314 e. The van der Waals surface area contributed by atoms with Gasteiger partial charge in [-0.1, -0.05) is 31.4 Å². The van der Waals surface area contributed by atoms with Crippen LogP contribution in [0, 0.1) is 0 Å². The van der Waals surface area contributed by atoms with E-state index in [1.807, 2.05) is 18.2 Å². The SMILES string of the molecule is COCc1c(OC)cccc1C1(C(=O)O)CCCCC1. The summed E-state index contributed by atoms with van der Waals surface area (Å²) in [6.07, 6.45) is 4.39. The summed E-state index contributed by atoms with van der Waals surface area (Å²) in [6, 6.07) is 5.64. The average molecular weight is 278 g/mol. The Balaban J connectivity index is 2.55. The van der Waals surface area contributed by atoms with Crippen molar-refractivity contribution in [1.82, 2.24) is 0 Å². The standard InChI is InChI=1S/C16H22O4/c1-19-11-12-13(7-6-8-14(12)20-2)16(15(17)18)9-4-3-5-10-16/h6-8H,3-5,9-11H2,1-2H3,(H,17,18). The van der Waals surface area contributed by atoms with Gasteiger partial charge in [0.15, 0.2) is 0 Å². The van der Waals surface area contributed by atoms with Crippen LogP contribution < -0.4 is 4.74 Å². The van der Waals surface area contributed by atoms with Gasteiger partial charge in [-0.25, -0.2) is 0 Å². The van der Waals surface area contributed by atoms with E-state index in [1.165, 1.54) is 0 Å². The molecule has 0 spiro atoms. The summed E-state index contributed by atoms with van der Waals surface area (Å²) in [5.74, 6) is -0.0293. The number of methoxy groups -OCH3 is 2. The molecule has 1 aliphatic carbocycles. The van der Waals surface area contributed by atoms with Crippen molar-refractivity contribution in [3.8, 4) is 5.75 Å². The maximum atomic E-state index is 12.0. The van der Waals surface area contributed by atoms with Gasteiger partial charge >= 0.3 is 5.97 Å². The lowest BCUT2D eigenvalue weighted by Crippen LogP contribution is -2.38. The third-order valence-corrected chi connectivity index (χ3v) is 4.27. The van der Waals surface area contributed by atoms with E-state index >= 15 is 0 Å². The quantitative estimate of drug-likeness (QED) is 0.899. The molecule has 0 saturated heterocycles. The van der Waals surface area contributed by atoms with E-state index in [-0.39, 0.29) is 0 Å². The Kier molecular flexibility index (Phi) is 4.65. The predicted octanol–water partition coefficient (Wildman–Crippen LogP) is 3.13. The molecular weight excluding hydrogens is 256 g/mol. The lowest BCUT2D eigenvalue weighted by molar-refractivity contribution is -0.145. The van der Waals surface area contributed by atoms with Gasteiger partial charge in [0.1, 0.15) is 5.75 Å². The van der Waals surface area contributed by atoms with E-state index in [2.05, 4.69) is 0 Å². The molecule has 0 unspecified atom stereocenters. The van der Waals surface area contributed by atoms with Crippen LogP contribution in [0.15, 0.2) is 18.2 Å². The second kappa shape index (κ2) is 6.27. The number of rotatable bonds is 5. The molecule has 0 heterocycles. The number of ether oxygens (including phenoxy) is 2. The van der Waals surface area contributed by atoms with Crippen LogP contribution in [-0.4, -0.2) is 25.3 Å². The van der Waals surface area contributed by atoms with Crippen LogP contribution in [0.1, 0.15) is 43.2 Å². The number of aliphatic carboxylic acids is 1. The van der Waals surface area contributed by atoms with Gasteiger partial charge in [0.05, 0.1) is 19.1 Å². The Morgan fingerprint density at radius 2 is 1.95 bits per heavy atom. The molecule has 2 rings (SSSR count). The molecule has 0 radical (unpaired) electrons. The average Bonchev–Trinajstić information content (AvgIpc) is 2.48. The minimum atomic E-state index is -0.791. The van der Waals surface area contributed by atoms with Crippen molar-refractivity contribution in [1.29, 1.82) is 0 Å². The molecule has 0 amide bonds. The summed E-state index contributed by atoms with van der Waals surface area (Å²) < 4.78 is 10.6. The molecule has 4 nitrogen and oxygen atoms in total.